The van der Waals surface area contributed by atoms with Gasteiger partial charge in [-0.2, -0.15) is 0 Å². The Kier molecular flexibility index (Phi) is 4.91. The zero-order valence-electron chi connectivity index (χ0n) is 15.4. The largest absolute Gasteiger partial charge is 0.410 e. The monoisotopic (exact) mass is 419 g/mol. The van der Waals surface area contributed by atoms with Gasteiger partial charge in [0, 0.05) is 0 Å². The summed E-state index contributed by atoms with van der Waals surface area (Å²) in [6.07, 6.45) is 1.83. The maximum atomic E-state index is 13.3. The molecule has 3 heterocycles. The van der Waals surface area contributed by atoms with Gasteiger partial charge in [-0.1, -0.05) is 54.2 Å². The molecule has 1 amide bonds. The highest BCUT2D eigenvalue weighted by Crippen LogP contribution is 2.37. The molecule has 0 aliphatic carbocycles. The van der Waals surface area contributed by atoms with Gasteiger partial charge >= 0.3 is 0 Å². The van der Waals surface area contributed by atoms with Crippen molar-refractivity contribution >= 4 is 40.4 Å². The van der Waals surface area contributed by atoms with E-state index in [2.05, 4.69) is 22.3 Å². The fourth-order valence-corrected chi connectivity index (χ4v) is 4.76. The minimum absolute atomic E-state index is 0.00678. The molecule has 144 valence electrons. The van der Waals surface area contributed by atoms with Crippen LogP contribution in [0.3, 0.4) is 0 Å². The van der Waals surface area contributed by atoms with Gasteiger partial charge in [-0.3, -0.25) is 9.69 Å². The van der Waals surface area contributed by atoms with E-state index in [-0.39, 0.29) is 11.7 Å². The van der Waals surface area contributed by atoms with Gasteiger partial charge in [-0.25, -0.2) is 0 Å². The molecule has 0 fully saturated rings. The lowest BCUT2D eigenvalue weighted by Crippen LogP contribution is -2.28. The number of carbonyl (C=O) groups excluding carboxylic acids is 1. The number of para-hydroxylation sites is 2. The Labute approximate surface area is 176 Å². The molecular weight excluding hydrogens is 402 g/mol. The Morgan fingerprint density at radius 2 is 1.66 bits per heavy atom. The fraction of sp³-hybridized carbons (Fsp3) is 0.136. The summed E-state index contributed by atoms with van der Waals surface area (Å²) in [7, 11) is 0. The molecule has 0 bridgehead atoms. The van der Waals surface area contributed by atoms with E-state index in [1.807, 2.05) is 58.8 Å². The maximum Gasteiger partial charge on any atom is 0.277 e. The summed E-state index contributed by atoms with van der Waals surface area (Å²) >= 11 is 2.81. The molecule has 0 saturated heterocycles. The topological polar surface area (TPSA) is 59.2 Å². The molecule has 4 aromatic rings. The van der Waals surface area contributed by atoms with Crippen molar-refractivity contribution in [3.05, 3.63) is 77.2 Å². The van der Waals surface area contributed by atoms with Crippen molar-refractivity contribution in [3.8, 4) is 10.8 Å². The molecule has 0 atom stereocenters. The Hall–Kier alpha value is -2.90. The van der Waals surface area contributed by atoms with Crippen LogP contribution < -0.4 is 4.90 Å². The molecule has 1 aliphatic heterocycles. The first kappa shape index (κ1) is 18.1. The summed E-state index contributed by atoms with van der Waals surface area (Å²) in [6, 6.07) is 20.1. The lowest BCUT2D eigenvalue weighted by Gasteiger charge is -2.24. The number of nitrogens with zero attached hydrogens (tertiary/aromatic N) is 3. The highest BCUT2D eigenvalue weighted by molar-refractivity contribution is 7.99. The van der Waals surface area contributed by atoms with Gasteiger partial charge in [0.2, 0.25) is 5.91 Å². The molecule has 1 aliphatic rings. The molecule has 7 heteroatoms. The lowest BCUT2D eigenvalue weighted by molar-refractivity contribution is -0.115. The zero-order valence-corrected chi connectivity index (χ0v) is 17.1. The number of fused-ring (bicyclic) bond motifs is 2. The van der Waals surface area contributed by atoms with Crippen LogP contribution in [0.25, 0.3) is 10.8 Å². The summed E-state index contributed by atoms with van der Waals surface area (Å²) in [5, 5.41) is 10.5. The number of rotatable bonds is 4. The minimum Gasteiger partial charge on any atom is -0.410 e. The van der Waals surface area contributed by atoms with Crippen molar-refractivity contribution in [2.45, 2.75) is 18.1 Å². The molecule has 29 heavy (non-hydrogen) atoms. The van der Waals surface area contributed by atoms with Crippen LogP contribution in [-0.2, 0) is 17.6 Å². The number of hydrogen-bond donors (Lipinski definition) is 0. The second-order valence-electron chi connectivity index (χ2n) is 6.63. The Bertz CT molecular complexity index is 1110. The summed E-state index contributed by atoms with van der Waals surface area (Å²) in [5.41, 5.74) is 4.26. The number of aryl methyl sites for hydroxylation is 2. The standard InChI is InChI=1S/C22H17N3O2S2/c26-20(14-29-22-24-23-21(27-22)19-10-5-13-28-19)25-17-8-3-1-6-15(17)11-12-16-7-2-4-9-18(16)25/h1-10,13H,11-12,14H2. The fourth-order valence-electron chi connectivity index (χ4n) is 3.50. The van der Waals surface area contributed by atoms with Crippen LogP contribution in [0.2, 0.25) is 0 Å². The van der Waals surface area contributed by atoms with Crippen LogP contribution in [0.15, 0.2) is 75.7 Å². The third kappa shape index (κ3) is 3.59. The molecule has 0 spiro atoms. The Morgan fingerprint density at radius 1 is 0.966 bits per heavy atom. The van der Waals surface area contributed by atoms with Crippen LogP contribution in [0.5, 0.6) is 0 Å². The van der Waals surface area contributed by atoms with Crippen molar-refractivity contribution in [2.75, 3.05) is 10.7 Å². The summed E-state index contributed by atoms with van der Waals surface area (Å²) < 4.78 is 5.71. The molecular formula is C22H17N3O2S2. The Morgan fingerprint density at radius 3 is 2.31 bits per heavy atom. The highest BCUT2D eigenvalue weighted by Gasteiger charge is 2.26. The molecule has 2 aromatic heterocycles. The van der Waals surface area contributed by atoms with E-state index in [0.29, 0.717) is 11.1 Å². The van der Waals surface area contributed by atoms with Crippen molar-refractivity contribution in [2.24, 2.45) is 0 Å². The van der Waals surface area contributed by atoms with Gasteiger partial charge in [0.1, 0.15) is 0 Å². The number of carbonyl (C=O) groups is 1. The average molecular weight is 420 g/mol. The summed E-state index contributed by atoms with van der Waals surface area (Å²) in [6.45, 7) is 0. The SMILES string of the molecule is O=C(CSc1nnc(-c2cccs2)o1)N1c2ccccc2CCc2ccccc21. The third-order valence-electron chi connectivity index (χ3n) is 4.84. The molecule has 5 nitrogen and oxygen atoms in total. The molecule has 2 aromatic carbocycles. The van der Waals surface area contributed by atoms with E-state index in [1.54, 1.807) is 11.3 Å². The van der Waals surface area contributed by atoms with Crippen molar-refractivity contribution in [1.82, 2.24) is 10.2 Å². The molecule has 0 saturated carbocycles. The average Bonchev–Trinajstić information content (AvgIpc) is 3.41. The van der Waals surface area contributed by atoms with Crippen LogP contribution in [-0.4, -0.2) is 21.9 Å². The first-order valence-electron chi connectivity index (χ1n) is 9.28. The van der Waals surface area contributed by atoms with Gasteiger partial charge in [0.05, 0.1) is 22.0 Å². The summed E-state index contributed by atoms with van der Waals surface area (Å²) in [5.74, 6) is 0.697. The second kappa shape index (κ2) is 7.85. The number of amides is 1. The normalized spacial score (nSPS) is 12.9. The van der Waals surface area contributed by atoms with Gasteiger partial charge in [0.25, 0.3) is 11.1 Å². The second-order valence-corrected chi connectivity index (χ2v) is 8.50. The number of thioether (sulfide) groups is 1. The number of aromatic nitrogens is 2. The van der Waals surface area contributed by atoms with Crippen LogP contribution in [0.4, 0.5) is 11.4 Å². The van der Waals surface area contributed by atoms with Crippen molar-refractivity contribution < 1.29 is 9.21 Å². The molecule has 5 rings (SSSR count). The van der Waals surface area contributed by atoms with Gasteiger partial charge in [0.15, 0.2) is 0 Å². The highest BCUT2D eigenvalue weighted by atomic mass is 32.2. The van der Waals surface area contributed by atoms with Crippen molar-refractivity contribution in [1.29, 1.82) is 0 Å². The number of anilines is 2. The van der Waals surface area contributed by atoms with Gasteiger partial charge in [-0.15, -0.1) is 21.5 Å². The van der Waals surface area contributed by atoms with Crippen LogP contribution >= 0.6 is 23.1 Å². The van der Waals surface area contributed by atoms with Gasteiger partial charge < -0.3 is 4.42 Å². The molecule has 0 radical (unpaired) electrons. The molecule has 0 unspecified atom stereocenters. The quantitative estimate of drug-likeness (QED) is 0.417. The zero-order chi connectivity index (χ0) is 19.6. The van der Waals surface area contributed by atoms with E-state index in [1.165, 1.54) is 22.9 Å². The number of benzene rings is 2. The van der Waals surface area contributed by atoms with E-state index in [0.717, 1.165) is 29.1 Å². The predicted octanol–water partition coefficient (Wildman–Crippen LogP) is 5.35. The van der Waals surface area contributed by atoms with E-state index < -0.39 is 0 Å². The van der Waals surface area contributed by atoms with Crippen LogP contribution in [0.1, 0.15) is 11.1 Å². The lowest BCUT2D eigenvalue weighted by atomic mass is 10.0. The third-order valence-corrected chi connectivity index (χ3v) is 6.50. The van der Waals surface area contributed by atoms with E-state index in [4.69, 9.17) is 4.42 Å². The van der Waals surface area contributed by atoms with Crippen molar-refractivity contribution in [3.63, 3.8) is 0 Å². The maximum absolute atomic E-state index is 13.3. The number of hydrogen-bond acceptors (Lipinski definition) is 6. The summed E-state index contributed by atoms with van der Waals surface area (Å²) in [4.78, 5) is 16.1. The van der Waals surface area contributed by atoms with E-state index >= 15 is 0 Å². The predicted molar refractivity (Wildman–Crippen MR) is 116 cm³/mol. The smallest absolute Gasteiger partial charge is 0.277 e. The molecule has 0 N–H and O–H groups in total. The van der Waals surface area contributed by atoms with Gasteiger partial charge in [-0.05, 0) is 47.5 Å². The first-order chi connectivity index (χ1) is 14.3. The first-order valence-corrected chi connectivity index (χ1v) is 11.1. The number of thiophene rings is 1. The Balaban J connectivity index is 1.41. The van der Waals surface area contributed by atoms with Crippen LogP contribution in [0, 0.1) is 0 Å². The van der Waals surface area contributed by atoms with E-state index in [9.17, 15) is 4.79 Å². The minimum atomic E-state index is -0.00678.